The molecule has 3 aromatic rings. The van der Waals surface area contributed by atoms with Crippen molar-refractivity contribution in [1.82, 2.24) is 34.9 Å². The first kappa shape index (κ1) is 15.9. The topological polar surface area (TPSA) is 88.5 Å². The van der Waals surface area contributed by atoms with E-state index in [2.05, 4.69) is 56.1 Å². The monoisotopic (exact) mass is 342 g/mol. The van der Waals surface area contributed by atoms with Gasteiger partial charge < -0.3 is 9.42 Å². The van der Waals surface area contributed by atoms with Gasteiger partial charge in [0.2, 0.25) is 5.89 Å². The summed E-state index contributed by atoms with van der Waals surface area (Å²) in [7, 11) is 2.09. The summed E-state index contributed by atoms with van der Waals surface area (Å²) in [4.78, 5) is 8.93. The van der Waals surface area contributed by atoms with Crippen LogP contribution in [0.15, 0.2) is 16.7 Å². The maximum atomic E-state index is 5.33. The zero-order valence-electron chi connectivity index (χ0n) is 14.9. The second-order valence-electron chi connectivity index (χ2n) is 6.88. The van der Waals surface area contributed by atoms with E-state index in [0.29, 0.717) is 18.5 Å². The molecule has 0 bridgehead atoms. The summed E-state index contributed by atoms with van der Waals surface area (Å²) in [6.45, 7) is 8.52. The predicted molar refractivity (Wildman–Crippen MR) is 91.4 cm³/mol. The van der Waals surface area contributed by atoms with Gasteiger partial charge in [0.1, 0.15) is 5.82 Å². The van der Waals surface area contributed by atoms with Gasteiger partial charge in [-0.1, -0.05) is 19.0 Å². The van der Waals surface area contributed by atoms with Gasteiger partial charge in [0.25, 0.3) is 0 Å². The zero-order valence-corrected chi connectivity index (χ0v) is 14.9. The maximum Gasteiger partial charge on any atom is 0.240 e. The third-order valence-corrected chi connectivity index (χ3v) is 4.60. The van der Waals surface area contributed by atoms with Crippen molar-refractivity contribution in [3.05, 3.63) is 29.7 Å². The second-order valence-corrected chi connectivity index (χ2v) is 6.88. The van der Waals surface area contributed by atoms with Gasteiger partial charge in [-0.25, -0.2) is 0 Å². The lowest BCUT2D eigenvalue weighted by molar-refractivity contribution is 0.174. The van der Waals surface area contributed by atoms with Crippen molar-refractivity contribution < 1.29 is 4.52 Å². The smallest absolute Gasteiger partial charge is 0.240 e. The minimum atomic E-state index is 0.282. The summed E-state index contributed by atoms with van der Waals surface area (Å²) in [5, 5.41) is 16.7. The Labute approximate surface area is 145 Å². The molecular weight excluding hydrogens is 320 g/mol. The van der Waals surface area contributed by atoms with Crippen LogP contribution >= 0.6 is 0 Å². The molecule has 1 saturated heterocycles. The molecule has 3 aromatic heterocycles. The van der Waals surface area contributed by atoms with Crippen LogP contribution < -0.4 is 4.90 Å². The summed E-state index contributed by atoms with van der Waals surface area (Å²) in [6.07, 6.45) is 0. The van der Waals surface area contributed by atoms with Gasteiger partial charge in [0.15, 0.2) is 17.3 Å². The first-order valence-corrected chi connectivity index (χ1v) is 8.48. The molecule has 9 nitrogen and oxygen atoms in total. The molecule has 1 aliphatic rings. The van der Waals surface area contributed by atoms with Crippen LogP contribution in [0.3, 0.4) is 0 Å². The van der Waals surface area contributed by atoms with Crippen molar-refractivity contribution in [3.63, 3.8) is 0 Å². The zero-order chi connectivity index (χ0) is 17.6. The number of hydrogen-bond donors (Lipinski definition) is 0. The molecule has 25 heavy (non-hydrogen) atoms. The molecule has 0 amide bonds. The standard InChI is InChI=1S/C16H22N8O/c1-10(2)16-17-15(25-21-16)9-22(4)12-7-23(8-12)14-6-5-13-19-18-11(3)24(13)20-14/h5-6,10,12H,7-9H2,1-4H3. The van der Waals surface area contributed by atoms with Crippen LogP contribution in [0.2, 0.25) is 0 Å². The van der Waals surface area contributed by atoms with Crippen molar-refractivity contribution in [2.75, 3.05) is 25.0 Å². The molecule has 0 radical (unpaired) electrons. The minimum Gasteiger partial charge on any atom is -0.352 e. The molecule has 132 valence electrons. The van der Waals surface area contributed by atoms with E-state index in [-0.39, 0.29) is 5.92 Å². The van der Waals surface area contributed by atoms with E-state index < -0.39 is 0 Å². The lowest BCUT2D eigenvalue weighted by Crippen LogP contribution is -2.58. The molecule has 0 spiro atoms. The molecule has 0 unspecified atom stereocenters. The number of nitrogens with zero attached hydrogens (tertiary/aromatic N) is 8. The van der Waals surface area contributed by atoms with Crippen molar-refractivity contribution in [3.8, 4) is 0 Å². The molecular formula is C16H22N8O. The number of hydrogen-bond acceptors (Lipinski definition) is 8. The van der Waals surface area contributed by atoms with Crippen molar-refractivity contribution >= 4 is 11.5 Å². The summed E-state index contributed by atoms with van der Waals surface area (Å²) < 4.78 is 7.11. The molecule has 0 N–H and O–H groups in total. The van der Waals surface area contributed by atoms with Gasteiger partial charge in [0, 0.05) is 25.0 Å². The van der Waals surface area contributed by atoms with E-state index in [1.54, 1.807) is 4.52 Å². The van der Waals surface area contributed by atoms with Gasteiger partial charge >= 0.3 is 0 Å². The van der Waals surface area contributed by atoms with E-state index in [9.17, 15) is 0 Å². The fourth-order valence-corrected chi connectivity index (χ4v) is 2.89. The number of rotatable bonds is 5. The predicted octanol–water partition coefficient (Wildman–Crippen LogP) is 1.26. The Morgan fingerprint density at radius 1 is 1.28 bits per heavy atom. The Kier molecular flexibility index (Phi) is 3.87. The van der Waals surface area contributed by atoms with Gasteiger partial charge in [-0.15, -0.1) is 15.3 Å². The minimum absolute atomic E-state index is 0.282. The average molecular weight is 342 g/mol. The summed E-state index contributed by atoms with van der Waals surface area (Å²) >= 11 is 0. The fourth-order valence-electron chi connectivity index (χ4n) is 2.89. The Balaban J connectivity index is 1.37. The summed E-state index contributed by atoms with van der Waals surface area (Å²) in [5.74, 6) is 3.46. The number of aromatic nitrogens is 6. The molecule has 9 heteroatoms. The molecule has 0 aromatic carbocycles. The molecule has 0 saturated carbocycles. The van der Waals surface area contributed by atoms with Gasteiger partial charge in [0.05, 0.1) is 6.54 Å². The van der Waals surface area contributed by atoms with Gasteiger partial charge in [-0.2, -0.15) is 9.50 Å². The van der Waals surface area contributed by atoms with Crippen LogP contribution in [-0.2, 0) is 6.54 Å². The summed E-state index contributed by atoms with van der Waals surface area (Å²) in [6, 6.07) is 4.38. The van der Waals surface area contributed by atoms with E-state index in [1.807, 2.05) is 19.1 Å². The molecule has 4 rings (SSSR count). The third kappa shape index (κ3) is 2.95. The van der Waals surface area contributed by atoms with Crippen LogP contribution in [0.4, 0.5) is 5.82 Å². The van der Waals surface area contributed by atoms with E-state index in [4.69, 9.17) is 4.52 Å². The second kappa shape index (κ2) is 6.07. The fraction of sp³-hybridized carbons (Fsp3) is 0.562. The van der Waals surface area contributed by atoms with E-state index in [0.717, 1.165) is 36.2 Å². The molecule has 0 atom stereocenters. The first-order chi connectivity index (χ1) is 12.0. The van der Waals surface area contributed by atoms with Gasteiger partial charge in [-0.3, -0.25) is 4.90 Å². The van der Waals surface area contributed by atoms with E-state index in [1.165, 1.54) is 0 Å². The van der Waals surface area contributed by atoms with Crippen LogP contribution in [0.25, 0.3) is 5.65 Å². The molecule has 4 heterocycles. The van der Waals surface area contributed by atoms with Crippen LogP contribution in [0.1, 0.15) is 37.3 Å². The Morgan fingerprint density at radius 3 is 2.80 bits per heavy atom. The Hall–Kier alpha value is -2.55. The molecule has 0 aliphatic carbocycles. The SMILES string of the molecule is Cc1nnc2ccc(N3CC(N(C)Cc4nc(C(C)C)no4)C3)nn12. The van der Waals surface area contributed by atoms with E-state index >= 15 is 0 Å². The Bertz CT molecular complexity index is 879. The number of anilines is 1. The number of fused-ring (bicyclic) bond motifs is 1. The van der Waals surface area contributed by atoms with Crippen LogP contribution in [0.5, 0.6) is 0 Å². The number of aryl methyl sites for hydroxylation is 1. The van der Waals surface area contributed by atoms with Crippen molar-refractivity contribution in [1.29, 1.82) is 0 Å². The quantitative estimate of drug-likeness (QED) is 0.685. The van der Waals surface area contributed by atoms with Crippen molar-refractivity contribution in [2.45, 2.75) is 39.3 Å². The highest BCUT2D eigenvalue weighted by Gasteiger charge is 2.32. The highest BCUT2D eigenvalue weighted by atomic mass is 16.5. The van der Waals surface area contributed by atoms with Gasteiger partial charge in [-0.05, 0) is 26.1 Å². The third-order valence-electron chi connectivity index (χ3n) is 4.60. The Morgan fingerprint density at radius 2 is 2.08 bits per heavy atom. The normalized spacial score (nSPS) is 15.5. The number of likely N-dealkylation sites (N-methyl/N-ethyl adjacent to an activating group) is 1. The van der Waals surface area contributed by atoms with Crippen LogP contribution in [0, 0.1) is 6.92 Å². The molecule has 1 fully saturated rings. The highest BCUT2D eigenvalue weighted by Crippen LogP contribution is 2.22. The first-order valence-electron chi connectivity index (χ1n) is 8.48. The average Bonchev–Trinajstić information content (AvgIpc) is 3.13. The largest absolute Gasteiger partial charge is 0.352 e. The lowest BCUT2D eigenvalue weighted by atomic mass is 10.1. The molecule has 1 aliphatic heterocycles. The maximum absolute atomic E-state index is 5.33. The van der Waals surface area contributed by atoms with Crippen LogP contribution in [-0.4, -0.2) is 61.0 Å². The van der Waals surface area contributed by atoms with Crippen molar-refractivity contribution in [2.24, 2.45) is 0 Å². The lowest BCUT2D eigenvalue weighted by Gasteiger charge is -2.44. The highest BCUT2D eigenvalue weighted by molar-refractivity contribution is 5.47. The summed E-state index contributed by atoms with van der Waals surface area (Å²) in [5.41, 5.74) is 0.771.